The van der Waals surface area contributed by atoms with Gasteiger partial charge in [-0.25, -0.2) is 22.8 Å². The number of fused-ring (bicyclic) bond motifs is 2. The maximum absolute atomic E-state index is 14.1. The van der Waals surface area contributed by atoms with Gasteiger partial charge in [0.05, 0.1) is 41.4 Å². The number of carbonyl (C=O) groups excluding carboxylic acids is 1. The SMILES string of the molecule is CNC(=O)c1c(-c2ccc(F)cc2)oc2cc(N(C)S(C)(=O)=O)c(-c3ccc4nc(C)n([C@H](CO)c5ccc(C)cc5)c(=O)c4n3)cc12. The number of hydrogen-bond donors (Lipinski definition) is 2. The number of furan rings is 1. The van der Waals surface area contributed by atoms with Crippen molar-refractivity contribution in [3.05, 3.63) is 111 Å². The van der Waals surface area contributed by atoms with E-state index in [9.17, 15) is 27.5 Å². The van der Waals surface area contributed by atoms with Crippen molar-refractivity contribution in [2.45, 2.75) is 19.9 Å². The third-order valence-corrected chi connectivity index (χ3v) is 9.54. The molecule has 13 heteroatoms. The largest absolute Gasteiger partial charge is 0.455 e. The van der Waals surface area contributed by atoms with Crippen LogP contribution in [0.2, 0.25) is 0 Å². The smallest absolute Gasteiger partial charge is 0.280 e. The first-order valence-corrected chi connectivity index (χ1v) is 16.8. The zero-order valence-electron chi connectivity index (χ0n) is 26.8. The van der Waals surface area contributed by atoms with Crippen molar-refractivity contribution >= 4 is 43.6 Å². The second-order valence-corrected chi connectivity index (χ2v) is 13.5. The monoisotopic (exact) mass is 669 g/mol. The minimum Gasteiger partial charge on any atom is -0.455 e. The Bertz CT molecular complexity index is 2390. The molecule has 48 heavy (non-hydrogen) atoms. The van der Waals surface area contributed by atoms with E-state index in [4.69, 9.17) is 9.40 Å². The molecule has 6 aromatic rings. The van der Waals surface area contributed by atoms with Gasteiger partial charge in [-0.2, -0.15) is 0 Å². The quantitative estimate of drug-likeness (QED) is 0.231. The summed E-state index contributed by atoms with van der Waals surface area (Å²) in [6.07, 6.45) is 1.04. The van der Waals surface area contributed by atoms with Crippen molar-refractivity contribution in [2.75, 3.05) is 31.3 Å². The van der Waals surface area contributed by atoms with Crippen molar-refractivity contribution < 1.29 is 27.1 Å². The Morgan fingerprint density at radius 1 is 1.04 bits per heavy atom. The lowest BCUT2D eigenvalue weighted by Gasteiger charge is -2.22. The maximum atomic E-state index is 14.1. The summed E-state index contributed by atoms with van der Waals surface area (Å²) in [7, 11) is -0.978. The molecule has 0 saturated heterocycles. The minimum absolute atomic E-state index is 0.00226. The van der Waals surface area contributed by atoms with Gasteiger partial charge in [-0.05, 0) is 61.9 Å². The van der Waals surface area contributed by atoms with E-state index in [0.29, 0.717) is 27.9 Å². The number of aliphatic hydroxyl groups excluding tert-OH is 1. The third-order valence-electron chi connectivity index (χ3n) is 8.35. The fraction of sp³-hybridized carbons (Fsp3) is 0.200. The molecule has 3 aromatic heterocycles. The molecular weight excluding hydrogens is 637 g/mol. The van der Waals surface area contributed by atoms with Gasteiger partial charge in [-0.1, -0.05) is 29.8 Å². The van der Waals surface area contributed by atoms with Crippen LogP contribution in [0.25, 0.3) is 44.6 Å². The summed E-state index contributed by atoms with van der Waals surface area (Å²) >= 11 is 0. The first-order valence-electron chi connectivity index (χ1n) is 14.9. The molecule has 3 aromatic carbocycles. The van der Waals surface area contributed by atoms with E-state index in [0.717, 1.165) is 16.1 Å². The van der Waals surface area contributed by atoms with Gasteiger partial charge in [0, 0.05) is 36.7 Å². The number of pyridine rings is 1. The number of hydrogen-bond acceptors (Lipinski definition) is 8. The van der Waals surface area contributed by atoms with Gasteiger partial charge in [0.15, 0.2) is 5.52 Å². The summed E-state index contributed by atoms with van der Waals surface area (Å²) in [6.45, 7) is 3.25. The highest BCUT2D eigenvalue weighted by Gasteiger charge is 2.27. The Morgan fingerprint density at radius 2 is 1.73 bits per heavy atom. The molecule has 0 fully saturated rings. The van der Waals surface area contributed by atoms with E-state index >= 15 is 0 Å². The molecule has 3 heterocycles. The molecule has 11 nitrogen and oxygen atoms in total. The van der Waals surface area contributed by atoms with E-state index in [2.05, 4.69) is 10.3 Å². The predicted molar refractivity (Wildman–Crippen MR) is 182 cm³/mol. The Kier molecular flexibility index (Phi) is 8.35. The first-order chi connectivity index (χ1) is 22.8. The Labute approximate surface area is 275 Å². The van der Waals surface area contributed by atoms with Crippen LogP contribution in [0.1, 0.15) is 33.4 Å². The summed E-state index contributed by atoms with van der Waals surface area (Å²) in [5, 5.41) is 13.3. The average molecular weight is 670 g/mol. The second kappa shape index (κ2) is 12.3. The number of sulfonamides is 1. The van der Waals surface area contributed by atoms with Gasteiger partial charge < -0.3 is 14.8 Å². The minimum atomic E-state index is -3.81. The summed E-state index contributed by atoms with van der Waals surface area (Å²) in [4.78, 5) is 36.6. The van der Waals surface area contributed by atoms with Crippen molar-refractivity contribution in [3.8, 4) is 22.6 Å². The van der Waals surface area contributed by atoms with Crippen LogP contribution in [0.3, 0.4) is 0 Å². The third kappa shape index (κ3) is 5.71. The zero-order valence-corrected chi connectivity index (χ0v) is 27.6. The Hall–Kier alpha value is -5.40. The van der Waals surface area contributed by atoms with Crippen LogP contribution in [-0.4, -0.2) is 60.9 Å². The molecule has 6 rings (SSSR count). The van der Waals surface area contributed by atoms with E-state index in [-0.39, 0.29) is 46.0 Å². The number of nitrogens with zero attached hydrogens (tertiary/aromatic N) is 4. The summed E-state index contributed by atoms with van der Waals surface area (Å²) in [5.74, 6) is -0.411. The molecular formula is C35H32FN5O6S. The predicted octanol–water partition coefficient (Wildman–Crippen LogP) is 4.96. The molecule has 0 bridgehead atoms. The van der Waals surface area contributed by atoms with E-state index in [1.165, 1.54) is 49.0 Å². The van der Waals surface area contributed by atoms with E-state index in [1.807, 2.05) is 31.2 Å². The highest BCUT2D eigenvalue weighted by molar-refractivity contribution is 7.92. The summed E-state index contributed by atoms with van der Waals surface area (Å²) in [6, 6.07) is 18.5. The molecule has 0 radical (unpaired) electrons. The number of aryl methyl sites for hydroxylation is 2. The van der Waals surface area contributed by atoms with E-state index < -0.39 is 33.3 Å². The van der Waals surface area contributed by atoms with Gasteiger partial charge in [0.1, 0.15) is 23.0 Å². The van der Waals surface area contributed by atoms with Crippen LogP contribution in [0.5, 0.6) is 0 Å². The van der Waals surface area contributed by atoms with Gasteiger partial charge in [-0.15, -0.1) is 0 Å². The second-order valence-electron chi connectivity index (χ2n) is 11.5. The number of aliphatic hydroxyl groups is 1. The number of benzene rings is 3. The molecule has 0 spiro atoms. The molecule has 1 atom stereocenters. The molecule has 2 N–H and O–H groups in total. The van der Waals surface area contributed by atoms with Gasteiger partial charge in [0.2, 0.25) is 10.0 Å². The van der Waals surface area contributed by atoms with Gasteiger partial charge in [0.25, 0.3) is 11.5 Å². The molecule has 0 aliphatic heterocycles. The lowest BCUT2D eigenvalue weighted by molar-refractivity contribution is 0.0964. The van der Waals surface area contributed by atoms with Crippen LogP contribution < -0.4 is 15.2 Å². The fourth-order valence-corrected chi connectivity index (χ4v) is 6.27. The number of nitrogens with one attached hydrogen (secondary N) is 1. The number of amides is 1. The van der Waals surface area contributed by atoms with Crippen molar-refractivity contribution in [2.24, 2.45) is 0 Å². The zero-order chi connectivity index (χ0) is 34.5. The number of halogens is 1. The lowest BCUT2D eigenvalue weighted by atomic mass is 10.0. The molecule has 0 saturated carbocycles. The standard InChI is InChI=1S/C35H32FN5O6S/c1-19-6-8-21(9-7-19)29(18-42)41-20(2)38-27-15-14-26(39-32(27)35(41)44)24-16-25-30(17-28(24)40(4)48(5,45)46)47-33(31(25)34(43)37-3)22-10-12-23(36)13-11-22/h6-17,29,42H,18H2,1-5H3,(H,37,43)/t29-/m1/s1. The fourth-order valence-electron chi connectivity index (χ4n) is 5.76. The molecule has 246 valence electrons. The Morgan fingerprint density at radius 3 is 2.35 bits per heavy atom. The summed E-state index contributed by atoms with van der Waals surface area (Å²) < 4.78 is 48.0. The number of rotatable bonds is 8. The van der Waals surface area contributed by atoms with Crippen LogP contribution in [0.4, 0.5) is 10.1 Å². The highest BCUT2D eigenvalue weighted by Crippen LogP contribution is 2.41. The van der Waals surface area contributed by atoms with Crippen LogP contribution in [-0.2, 0) is 10.0 Å². The normalized spacial score (nSPS) is 12.4. The molecule has 0 unspecified atom stereocenters. The molecule has 0 aliphatic rings. The lowest BCUT2D eigenvalue weighted by Crippen LogP contribution is -2.31. The Balaban J connectivity index is 1.62. The molecule has 1 amide bonds. The average Bonchev–Trinajstić information content (AvgIpc) is 3.44. The first kappa shape index (κ1) is 32.5. The maximum Gasteiger partial charge on any atom is 0.280 e. The van der Waals surface area contributed by atoms with Crippen LogP contribution >= 0.6 is 0 Å². The topological polar surface area (TPSA) is 148 Å². The van der Waals surface area contributed by atoms with Gasteiger partial charge in [-0.3, -0.25) is 18.5 Å². The van der Waals surface area contributed by atoms with E-state index in [1.54, 1.807) is 25.1 Å². The van der Waals surface area contributed by atoms with Crippen molar-refractivity contribution in [1.82, 2.24) is 19.9 Å². The summed E-state index contributed by atoms with van der Waals surface area (Å²) in [5.41, 5.74) is 3.04. The molecule has 0 aliphatic carbocycles. The number of anilines is 1. The van der Waals surface area contributed by atoms with Crippen LogP contribution in [0.15, 0.2) is 82.0 Å². The van der Waals surface area contributed by atoms with Crippen molar-refractivity contribution in [1.29, 1.82) is 0 Å². The van der Waals surface area contributed by atoms with Crippen molar-refractivity contribution in [3.63, 3.8) is 0 Å². The van der Waals surface area contributed by atoms with Gasteiger partial charge >= 0.3 is 0 Å². The number of aromatic nitrogens is 3. The van der Waals surface area contributed by atoms with Crippen LogP contribution in [0, 0.1) is 19.7 Å². The number of carbonyl (C=O) groups is 1. The highest BCUT2D eigenvalue weighted by atomic mass is 32.2.